The summed E-state index contributed by atoms with van der Waals surface area (Å²) < 4.78 is 0. The highest BCUT2D eigenvalue weighted by atomic mass is 14.8. The second kappa shape index (κ2) is 4.53. The molecule has 0 aliphatic carbocycles. The third kappa shape index (κ3) is 2.37. The number of benzene rings is 1. The molecular formula is C10H12N2. The molecule has 12 heavy (non-hydrogen) atoms. The van der Waals surface area contributed by atoms with Crippen LogP contribution in [0.5, 0.6) is 0 Å². The minimum absolute atomic E-state index is 0.411. The molecule has 1 aromatic rings. The molecule has 0 bridgehead atoms. The zero-order chi connectivity index (χ0) is 8.81. The van der Waals surface area contributed by atoms with E-state index in [-0.39, 0.29) is 0 Å². The van der Waals surface area contributed by atoms with Gasteiger partial charge in [0.15, 0.2) is 0 Å². The molecule has 0 aromatic heterocycles. The van der Waals surface area contributed by atoms with Crippen molar-refractivity contribution in [1.29, 1.82) is 5.26 Å². The Kier molecular flexibility index (Phi) is 3.31. The molecule has 2 nitrogen and oxygen atoms in total. The molecule has 0 unspecified atom stereocenters. The molecule has 0 saturated heterocycles. The molecule has 0 radical (unpaired) electrons. The fraction of sp³-hybridized carbons (Fsp3) is 0.300. The van der Waals surface area contributed by atoms with Gasteiger partial charge in [0.25, 0.3) is 0 Å². The summed E-state index contributed by atoms with van der Waals surface area (Å²) >= 11 is 0. The minimum Gasteiger partial charge on any atom is -0.300 e. The van der Waals surface area contributed by atoms with Crippen molar-refractivity contribution >= 4 is 0 Å². The van der Waals surface area contributed by atoms with E-state index in [0.717, 1.165) is 6.54 Å². The molecule has 0 amide bonds. The zero-order valence-corrected chi connectivity index (χ0v) is 7.17. The number of rotatable bonds is 3. The van der Waals surface area contributed by atoms with Gasteiger partial charge in [0.1, 0.15) is 0 Å². The van der Waals surface area contributed by atoms with Crippen LogP contribution in [-0.4, -0.2) is 6.54 Å². The highest BCUT2D eigenvalue weighted by Gasteiger charge is 1.94. The Morgan fingerprint density at radius 1 is 1.42 bits per heavy atom. The second-order valence-electron chi connectivity index (χ2n) is 2.69. The van der Waals surface area contributed by atoms with Crippen LogP contribution in [0.3, 0.4) is 0 Å². The minimum atomic E-state index is 0.411. The van der Waals surface area contributed by atoms with E-state index < -0.39 is 0 Å². The SMILES string of the molecule is Cc1ccccc1CNCC#N. The van der Waals surface area contributed by atoms with Crippen LogP contribution in [0.1, 0.15) is 11.1 Å². The largest absolute Gasteiger partial charge is 0.300 e. The van der Waals surface area contributed by atoms with E-state index in [1.807, 2.05) is 18.2 Å². The van der Waals surface area contributed by atoms with Crippen molar-refractivity contribution in [2.75, 3.05) is 6.54 Å². The Labute approximate surface area is 72.8 Å². The Hall–Kier alpha value is -1.33. The fourth-order valence-electron chi connectivity index (χ4n) is 1.06. The van der Waals surface area contributed by atoms with Crippen molar-refractivity contribution in [2.24, 2.45) is 0 Å². The Morgan fingerprint density at radius 3 is 2.83 bits per heavy atom. The quantitative estimate of drug-likeness (QED) is 0.538. The topological polar surface area (TPSA) is 35.8 Å². The number of nitrogens with zero attached hydrogens (tertiary/aromatic N) is 1. The third-order valence-electron chi connectivity index (χ3n) is 1.78. The highest BCUT2D eigenvalue weighted by Crippen LogP contribution is 2.05. The number of aryl methyl sites for hydroxylation is 1. The predicted octanol–water partition coefficient (Wildman–Crippen LogP) is 1.61. The van der Waals surface area contributed by atoms with Gasteiger partial charge in [-0.3, -0.25) is 0 Å². The van der Waals surface area contributed by atoms with Gasteiger partial charge >= 0.3 is 0 Å². The van der Waals surface area contributed by atoms with Gasteiger partial charge in [-0.25, -0.2) is 0 Å². The van der Waals surface area contributed by atoms with Crippen LogP contribution in [0, 0.1) is 18.3 Å². The molecule has 0 spiro atoms. The summed E-state index contributed by atoms with van der Waals surface area (Å²) in [5.41, 5.74) is 2.52. The lowest BCUT2D eigenvalue weighted by Gasteiger charge is -2.03. The maximum absolute atomic E-state index is 8.30. The molecule has 0 fully saturated rings. The predicted molar refractivity (Wildman–Crippen MR) is 48.5 cm³/mol. The van der Waals surface area contributed by atoms with Crippen LogP contribution in [0.4, 0.5) is 0 Å². The number of nitrogens with one attached hydrogen (secondary N) is 1. The summed E-state index contributed by atoms with van der Waals surface area (Å²) in [6, 6.07) is 10.2. The molecule has 1 rings (SSSR count). The van der Waals surface area contributed by atoms with Crippen molar-refractivity contribution in [2.45, 2.75) is 13.5 Å². The molecule has 1 aromatic carbocycles. The van der Waals surface area contributed by atoms with Gasteiger partial charge in [-0.15, -0.1) is 0 Å². The van der Waals surface area contributed by atoms with E-state index in [1.165, 1.54) is 11.1 Å². The van der Waals surface area contributed by atoms with Gasteiger partial charge in [0.05, 0.1) is 12.6 Å². The van der Waals surface area contributed by atoms with Crippen molar-refractivity contribution in [3.63, 3.8) is 0 Å². The summed E-state index contributed by atoms with van der Waals surface area (Å²) in [5, 5.41) is 11.3. The summed E-state index contributed by atoms with van der Waals surface area (Å²) in [7, 11) is 0. The van der Waals surface area contributed by atoms with Gasteiger partial charge in [-0.1, -0.05) is 24.3 Å². The lowest BCUT2D eigenvalue weighted by molar-refractivity contribution is 0.761. The van der Waals surface area contributed by atoms with Gasteiger partial charge in [0, 0.05) is 6.54 Å². The summed E-state index contributed by atoms with van der Waals surface area (Å²) in [6.07, 6.45) is 0. The van der Waals surface area contributed by atoms with E-state index in [9.17, 15) is 0 Å². The number of hydrogen-bond acceptors (Lipinski definition) is 2. The number of nitriles is 1. The third-order valence-corrected chi connectivity index (χ3v) is 1.78. The van der Waals surface area contributed by atoms with Crippen LogP contribution in [-0.2, 0) is 6.54 Å². The van der Waals surface area contributed by atoms with Crippen LogP contribution >= 0.6 is 0 Å². The molecule has 1 N–H and O–H groups in total. The Balaban J connectivity index is 2.53. The monoisotopic (exact) mass is 160 g/mol. The van der Waals surface area contributed by atoms with Crippen molar-refractivity contribution in [3.05, 3.63) is 35.4 Å². The van der Waals surface area contributed by atoms with Crippen molar-refractivity contribution in [3.8, 4) is 6.07 Å². The lowest BCUT2D eigenvalue weighted by atomic mass is 10.1. The first-order valence-electron chi connectivity index (χ1n) is 3.97. The van der Waals surface area contributed by atoms with E-state index in [0.29, 0.717) is 6.54 Å². The molecule has 0 aliphatic rings. The van der Waals surface area contributed by atoms with E-state index in [1.54, 1.807) is 0 Å². The fourth-order valence-corrected chi connectivity index (χ4v) is 1.06. The lowest BCUT2D eigenvalue weighted by Crippen LogP contribution is -2.13. The average molecular weight is 160 g/mol. The van der Waals surface area contributed by atoms with Gasteiger partial charge in [0.2, 0.25) is 0 Å². The Morgan fingerprint density at radius 2 is 2.17 bits per heavy atom. The summed E-state index contributed by atoms with van der Waals surface area (Å²) in [4.78, 5) is 0. The maximum atomic E-state index is 8.30. The van der Waals surface area contributed by atoms with Gasteiger partial charge < -0.3 is 5.32 Å². The van der Waals surface area contributed by atoms with Gasteiger partial charge in [-0.05, 0) is 18.1 Å². The van der Waals surface area contributed by atoms with Crippen LogP contribution in [0.2, 0.25) is 0 Å². The van der Waals surface area contributed by atoms with Crippen LogP contribution in [0.15, 0.2) is 24.3 Å². The number of hydrogen-bond donors (Lipinski definition) is 1. The summed E-state index contributed by atoms with van der Waals surface area (Å²) in [5.74, 6) is 0. The molecular weight excluding hydrogens is 148 g/mol. The van der Waals surface area contributed by atoms with Crippen molar-refractivity contribution in [1.82, 2.24) is 5.32 Å². The molecule has 62 valence electrons. The normalized spacial score (nSPS) is 9.33. The van der Waals surface area contributed by atoms with E-state index in [2.05, 4.69) is 24.4 Å². The standard InChI is InChI=1S/C10H12N2/c1-9-4-2-3-5-10(9)8-12-7-6-11/h2-5,12H,7-8H2,1H3. The second-order valence-corrected chi connectivity index (χ2v) is 2.69. The first-order chi connectivity index (χ1) is 5.84. The average Bonchev–Trinajstić information content (AvgIpc) is 2.09. The molecule has 0 atom stereocenters. The summed E-state index contributed by atoms with van der Waals surface area (Å²) in [6.45, 7) is 3.26. The highest BCUT2D eigenvalue weighted by molar-refractivity contribution is 5.25. The molecule has 2 heteroatoms. The van der Waals surface area contributed by atoms with E-state index >= 15 is 0 Å². The van der Waals surface area contributed by atoms with Crippen molar-refractivity contribution < 1.29 is 0 Å². The molecule has 0 saturated carbocycles. The van der Waals surface area contributed by atoms with Crippen LogP contribution in [0.25, 0.3) is 0 Å². The van der Waals surface area contributed by atoms with Crippen LogP contribution < -0.4 is 5.32 Å². The zero-order valence-electron chi connectivity index (χ0n) is 7.17. The first-order valence-corrected chi connectivity index (χ1v) is 3.97. The molecule has 0 aliphatic heterocycles. The maximum Gasteiger partial charge on any atom is 0.0843 e. The first kappa shape index (κ1) is 8.76. The Bertz CT molecular complexity index is 286. The van der Waals surface area contributed by atoms with Gasteiger partial charge in [-0.2, -0.15) is 5.26 Å². The van der Waals surface area contributed by atoms with E-state index in [4.69, 9.17) is 5.26 Å². The molecule has 0 heterocycles. The smallest absolute Gasteiger partial charge is 0.0843 e.